The Balaban J connectivity index is 0.952. The van der Waals surface area contributed by atoms with Gasteiger partial charge in [-0.05, 0) is 110 Å². The SMILES string of the molecule is CSC1CC(=O)N(CCCCCC(=O)N[C@H](C(=O)N[C@@H](C)C(=O)Nc2ccc(C(=O)NCCC[C@H](NC(=O)c3ccc(CCc4ccc5nc(N)nc(N)c5c4Cl)cc3)C(=O)O)c(-c3nn[nH]n3)c2)C(C)C)C1=O. The van der Waals surface area contributed by atoms with Crippen molar-refractivity contribution in [3.63, 3.8) is 0 Å². The molecule has 3 aromatic carbocycles. The first-order chi connectivity index (χ1) is 35.3. The summed E-state index contributed by atoms with van der Waals surface area (Å²) in [6.07, 6.45) is 5.05. The lowest BCUT2D eigenvalue weighted by Crippen LogP contribution is -2.53. The number of nitrogen functional groups attached to an aromatic ring is 2. The first kappa shape index (κ1) is 55.6. The zero-order valence-corrected chi connectivity index (χ0v) is 42.8. The van der Waals surface area contributed by atoms with E-state index in [0.29, 0.717) is 54.6 Å². The van der Waals surface area contributed by atoms with E-state index in [9.17, 15) is 43.5 Å². The Hall–Kier alpha value is -7.73. The molecule has 0 bridgehead atoms. The predicted octanol–water partition coefficient (Wildman–Crippen LogP) is 3.44. The number of carbonyl (C=O) groups excluding carboxylic acids is 7. The first-order valence-electron chi connectivity index (χ1n) is 23.9. The van der Waals surface area contributed by atoms with Gasteiger partial charge in [-0.1, -0.05) is 50.1 Å². The fourth-order valence-corrected chi connectivity index (χ4v) is 9.14. The van der Waals surface area contributed by atoms with Gasteiger partial charge in [0.15, 0.2) is 0 Å². The molecule has 11 N–H and O–H groups in total. The van der Waals surface area contributed by atoms with Crippen LogP contribution < -0.4 is 38.1 Å². The average molecular weight is 1060 g/mol. The maximum atomic E-state index is 13.5. The number of hydrogen-bond donors (Lipinski definition) is 9. The Bertz CT molecular complexity index is 2890. The number of nitrogens with two attached hydrogens (primary N) is 2. The predicted molar refractivity (Wildman–Crippen MR) is 277 cm³/mol. The minimum absolute atomic E-state index is 0.0103. The maximum absolute atomic E-state index is 13.5. The van der Waals surface area contributed by atoms with Gasteiger partial charge in [-0.15, -0.1) is 10.2 Å². The average Bonchev–Trinajstić information content (AvgIpc) is 4.00. The number of tetrazole rings is 1. The van der Waals surface area contributed by atoms with Crippen LogP contribution in [0.5, 0.6) is 0 Å². The van der Waals surface area contributed by atoms with Gasteiger partial charge >= 0.3 is 5.97 Å². The second-order valence-corrected chi connectivity index (χ2v) is 19.4. The topological polar surface area (TPSA) is 352 Å². The standard InChI is InChI=1S/C49H59ClN14O9S/c1-25(2)40(58-36(65)10-6-5-7-22-64-37(66)24-35(74-4)47(64)71)46(70)54-26(3)43(67)55-30-18-19-31(32(23-30)42-60-62-63-61-42)45(69)53-21-8-9-34(48(72)73)56-44(68)29-15-12-27(13-16-29)11-14-28-17-20-33-38(39(28)50)41(51)59-49(52)57-33/h12-13,15-20,23,25-26,34-35,40H,5-11,14,21-22,24H2,1-4H3,(H,53,69)(H,54,70)(H,55,67)(H,56,68)(H,58,65)(H,72,73)(H4,51,52,57,59)(H,60,61,62,63)/t26-,34-,35?,40-/m0/s1. The Morgan fingerprint density at radius 1 is 0.892 bits per heavy atom. The molecule has 1 unspecified atom stereocenters. The normalized spacial score (nSPS) is 14.6. The fraction of sp³-hybridized carbons (Fsp3) is 0.408. The molecule has 25 heteroatoms. The van der Waals surface area contributed by atoms with Crippen LogP contribution in [0.25, 0.3) is 22.3 Å². The molecule has 0 aliphatic carbocycles. The van der Waals surface area contributed by atoms with Crippen molar-refractivity contribution in [1.29, 1.82) is 0 Å². The van der Waals surface area contributed by atoms with Gasteiger partial charge in [-0.2, -0.15) is 22.0 Å². The largest absolute Gasteiger partial charge is 0.480 e. The number of amides is 7. The molecule has 0 spiro atoms. The second kappa shape index (κ2) is 25.8. The van der Waals surface area contributed by atoms with Gasteiger partial charge < -0.3 is 43.2 Å². The molecular weight excluding hydrogens is 996 g/mol. The van der Waals surface area contributed by atoms with Crippen molar-refractivity contribution in [3.8, 4) is 11.4 Å². The lowest BCUT2D eigenvalue weighted by atomic mass is 10.0. The van der Waals surface area contributed by atoms with E-state index in [1.807, 2.05) is 6.07 Å². The summed E-state index contributed by atoms with van der Waals surface area (Å²) in [7, 11) is 0. The molecule has 392 valence electrons. The molecule has 5 aromatic rings. The number of nitrogens with one attached hydrogen (secondary N) is 6. The van der Waals surface area contributed by atoms with Crippen molar-refractivity contribution in [2.45, 2.75) is 102 Å². The number of hydrogen-bond acceptors (Lipinski definition) is 16. The molecule has 0 radical (unpaired) electrons. The molecule has 1 saturated heterocycles. The number of anilines is 3. The Morgan fingerprint density at radius 2 is 1.65 bits per heavy atom. The van der Waals surface area contributed by atoms with Crippen LogP contribution in [-0.4, -0.2) is 131 Å². The highest BCUT2D eigenvalue weighted by Crippen LogP contribution is 2.31. The summed E-state index contributed by atoms with van der Waals surface area (Å²) in [6, 6.07) is 11.5. The molecule has 1 aliphatic rings. The number of rotatable bonds is 25. The van der Waals surface area contributed by atoms with Crippen LogP contribution in [0.4, 0.5) is 17.5 Å². The van der Waals surface area contributed by atoms with Crippen LogP contribution in [0.3, 0.4) is 0 Å². The monoisotopic (exact) mass is 1050 g/mol. The zero-order chi connectivity index (χ0) is 53.6. The van der Waals surface area contributed by atoms with Crippen LogP contribution in [0.2, 0.25) is 5.02 Å². The molecule has 7 amide bonds. The summed E-state index contributed by atoms with van der Waals surface area (Å²) in [5, 5.41) is 37.9. The van der Waals surface area contributed by atoms with Gasteiger partial charge in [0.2, 0.25) is 41.3 Å². The van der Waals surface area contributed by atoms with Gasteiger partial charge in [0.05, 0.1) is 26.7 Å². The van der Waals surface area contributed by atoms with E-state index in [0.717, 1.165) is 11.1 Å². The summed E-state index contributed by atoms with van der Waals surface area (Å²) in [5.74, 6) is -4.35. The number of carboxylic acid groups (broad SMARTS) is 1. The number of carbonyl (C=O) groups is 8. The Kier molecular flexibility index (Phi) is 19.4. The van der Waals surface area contributed by atoms with Gasteiger partial charge in [0, 0.05) is 42.7 Å². The summed E-state index contributed by atoms with van der Waals surface area (Å²) in [4.78, 5) is 112. The molecule has 0 saturated carbocycles. The highest BCUT2D eigenvalue weighted by molar-refractivity contribution is 8.00. The molecule has 3 heterocycles. The second-order valence-electron chi connectivity index (χ2n) is 18.0. The Labute approximate surface area is 434 Å². The van der Waals surface area contributed by atoms with Crippen LogP contribution in [0.1, 0.15) is 97.6 Å². The van der Waals surface area contributed by atoms with Crippen LogP contribution in [0.15, 0.2) is 54.6 Å². The highest BCUT2D eigenvalue weighted by Gasteiger charge is 2.37. The Morgan fingerprint density at radius 3 is 2.32 bits per heavy atom. The van der Waals surface area contributed by atoms with E-state index < -0.39 is 47.7 Å². The molecule has 23 nitrogen and oxygen atoms in total. The summed E-state index contributed by atoms with van der Waals surface area (Å²) in [5.41, 5.74) is 14.8. The van der Waals surface area contributed by atoms with Crippen molar-refractivity contribution in [1.82, 2.24) is 56.8 Å². The molecule has 6 rings (SSSR count). The molecule has 74 heavy (non-hydrogen) atoms. The number of aryl methyl sites for hydroxylation is 2. The van der Waals surface area contributed by atoms with E-state index in [-0.39, 0.29) is 101 Å². The van der Waals surface area contributed by atoms with Crippen molar-refractivity contribution in [2.75, 3.05) is 36.1 Å². The highest BCUT2D eigenvalue weighted by atomic mass is 35.5. The maximum Gasteiger partial charge on any atom is 0.326 e. The van der Waals surface area contributed by atoms with Crippen molar-refractivity contribution in [3.05, 3.63) is 81.9 Å². The molecule has 4 atom stereocenters. The number of thioether (sulfide) groups is 1. The number of aromatic nitrogens is 6. The minimum Gasteiger partial charge on any atom is -0.480 e. The number of aliphatic carboxylic acids is 1. The third-order valence-electron chi connectivity index (χ3n) is 12.3. The minimum atomic E-state index is -1.26. The number of nitrogens with zero attached hydrogens (tertiary/aromatic N) is 6. The zero-order valence-electron chi connectivity index (χ0n) is 41.2. The third kappa shape index (κ3) is 14.5. The number of halogens is 1. The third-order valence-corrected chi connectivity index (χ3v) is 13.7. The summed E-state index contributed by atoms with van der Waals surface area (Å²) >= 11 is 7.99. The van der Waals surface area contributed by atoms with E-state index in [2.05, 4.69) is 57.2 Å². The van der Waals surface area contributed by atoms with Gasteiger partial charge in [0.1, 0.15) is 23.9 Å². The lowest BCUT2D eigenvalue weighted by molar-refractivity contribution is -0.140. The summed E-state index contributed by atoms with van der Waals surface area (Å²) < 4.78 is 0. The van der Waals surface area contributed by atoms with Gasteiger partial charge in [-0.3, -0.25) is 38.5 Å². The number of imide groups is 1. The first-order valence-corrected chi connectivity index (χ1v) is 25.6. The summed E-state index contributed by atoms with van der Waals surface area (Å²) in [6.45, 7) is 5.32. The van der Waals surface area contributed by atoms with E-state index in [4.69, 9.17) is 23.1 Å². The van der Waals surface area contributed by atoms with Crippen LogP contribution in [0, 0.1) is 5.92 Å². The number of H-pyrrole nitrogens is 1. The number of unbranched alkanes of at least 4 members (excludes halogenated alkanes) is 2. The molecule has 1 fully saturated rings. The molecule has 2 aromatic heterocycles. The van der Waals surface area contributed by atoms with E-state index in [1.165, 1.54) is 41.8 Å². The van der Waals surface area contributed by atoms with Crippen molar-refractivity contribution >= 4 is 99.0 Å². The fourth-order valence-electron chi connectivity index (χ4n) is 8.16. The van der Waals surface area contributed by atoms with Crippen LogP contribution in [-0.2, 0) is 41.6 Å². The van der Waals surface area contributed by atoms with Gasteiger partial charge in [0.25, 0.3) is 11.8 Å². The molecular formula is C49H59ClN14O9S. The van der Waals surface area contributed by atoms with E-state index >= 15 is 0 Å². The van der Waals surface area contributed by atoms with Crippen molar-refractivity contribution < 1.29 is 43.5 Å². The van der Waals surface area contributed by atoms with Gasteiger partial charge in [-0.25, -0.2) is 9.78 Å². The lowest BCUT2D eigenvalue weighted by Gasteiger charge is -2.24. The quantitative estimate of drug-likeness (QED) is 0.0299. The number of likely N-dealkylation sites (tertiary alicyclic amines) is 1. The molecule has 1 aliphatic heterocycles. The number of benzene rings is 3. The van der Waals surface area contributed by atoms with Crippen LogP contribution >= 0.6 is 23.4 Å². The smallest absolute Gasteiger partial charge is 0.326 e. The number of carboxylic acids is 1. The van der Waals surface area contributed by atoms with Crippen molar-refractivity contribution in [2.24, 2.45) is 5.92 Å². The number of fused-ring (bicyclic) bond motifs is 1. The number of aromatic amines is 1. The van der Waals surface area contributed by atoms with E-state index in [1.54, 1.807) is 50.4 Å².